The highest BCUT2D eigenvalue weighted by atomic mass is 35.5. The Labute approximate surface area is 180 Å². The summed E-state index contributed by atoms with van der Waals surface area (Å²) in [4.78, 5) is 17.1. The lowest BCUT2D eigenvalue weighted by molar-refractivity contribution is 0.0468. The summed E-state index contributed by atoms with van der Waals surface area (Å²) >= 11 is 6.41. The molecule has 0 amide bonds. The van der Waals surface area contributed by atoms with Crippen LogP contribution in [-0.4, -0.2) is 36.8 Å². The van der Waals surface area contributed by atoms with Crippen LogP contribution in [0.2, 0.25) is 5.02 Å². The molecule has 4 rings (SSSR count). The Kier molecular flexibility index (Phi) is 5.77. The Morgan fingerprint density at radius 2 is 1.77 bits per heavy atom. The van der Waals surface area contributed by atoms with E-state index in [-0.39, 0.29) is 17.1 Å². The lowest BCUT2D eigenvalue weighted by atomic mass is 10.1. The van der Waals surface area contributed by atoms with Gasteiger partial charge in [0.05, 0.1) is 26.7 Å². The maximum atomic E-state index is 12.6. The third-order valence-electron chi connectivity index (χ3n) is 5.28. The summed E-state index contributed by atoms with van der Waals surface area (Å²) in [6.07, 6.45) is 1.74. The number of rotatable bonds is 5. The monoisotopic (exact) mass is 444 g/mol. The van der Waals surface area contributed by atoms with Gasteiger partial charge in [0.2, 0.25) is 10.0 Å². The van der Waals surface area contributed by atoms with Gasteiger partial charge in [-0.2, -0.15) is 4.31 Å². The topological polar surface area (TPSA) is 76.6 Å². The van der Waals surface area contributed by atoms with Crippen LogP contribution in [0.3, 0.4) is 0 Å². The number of sulfonamides is 1. The molecule has 2 heterocycles. The van der Waals surface area contributed by atoms with Crippen molar-refractivity contribution in [3.05, 3.63) is 70.4 Å². The first-order chi connectivity index (χ1) is 14.4. The number of nitrogens with zero attached hydrogens (tertiary/aromatic N) is 2. The lowest BCUT2D eigenvalue weighted by Gasteiger charge is -2.15. The van der Waals surface area contributed by atoms with Gasteiger partial charge in [-0.05, 0) is 55.7 Å². The van der Waals surface area contributed by atoms with E-state index < -0.39 is 16.0 Å². The van der Waals surface area contributed by atoms with Crippen LogP contribution < -0.4 is 0 Å². The maximum absolute atomic E-state index is 12.6. The number of ether oxygens (including phenoxy) is 1. The van der Waals surface area contributed by atoms with Crippen molar-refractivity contribution < 1.29 is 17.9 Å². The molecule has 1 aromatic heterocycles. The Morgan fingerprint density at radius 1 is 1.10 bits per heavy atom. The summed E-state index contributed by atoms with van der Waals surface area (Å²) in [5, 5.41) is 1.42. The van der Waals surface area contributed by atoms with Crippen LogP contribution >= 0.6 is 11.6 Å². The maximum Gasteiger partial charge on any atom is 0.338 e. The Balaban J connectivity index is 1.48. The number of para-hydroxylation sites is 1. The van der Waals surface area contributed by atoms with Gasteiger partial charge in [0.25, 0.3) is 0 Å². The van der Waals surface area contributed by atoms with E-state index in [9.17, 15) is 13.2 Å². The molecule has 0 aliphatic carbocycles. The van der Waals surface area contributed by atoms with E-state index in [0.29, 0.717) is 23.8 Å². The van der Waals surface area contributed by atoms with Crippen LogP contribution in [0.4, 0.5) is 0 Å². The summed E-state index contributed by atoms with van der Waals surface area (Å²) in [7, 11) is -3.51. The van der Waals surface area contributed by atoms with E-state index >= 15 is 0 Å². The van der Waals surface area contributed by atoms with Crippen molar-refractivity contribution in [1.82, 2.24) is 9.29 Å². The number of aryl methyl sites for hydroxylation is 1. The molecule has 1 fully saturated rings. The van der Waals surface area contributed by atoms with Crippen LogP contribution in [-0.2, 0) is 21.4 Å². The summed E-state index contributed by atoms with van der Waals surface area (Å²) in [5.41, 5.74) is 2.41. The van der Waals surface area contributed by atoms with E-state index in [1.165, 1.54) is 28.6 Å². The predicted octanol–water partition coefficient (Wildman–Crippen LogP) is 4.34. The van der Waals surface area contributed by atoms with Crippen LogP contribution in [0.5, 0.6) is 0 Å². The van der Waals surface area contributed by atoms with Crippen molar-refractivity contribution in [2.24, 2.45) is 0 Å². The number of halogens is 1. The zero-order valence-electron chi connectivity index (χ0n) is 16.5. The third kappa shape index (κ3) is 3.93. The molecule has 6 nitrogen and oxygen atoms in total. The van der Waals surface area contributed by atoms with Crippen LogP contribution in [0.15, 0.2) is 53.4 Å². The average Bonchev–Trinajstić information content (AvgIpc) is 3.31. The predicted molar refractivity (Wildman–Crippen MR) is 115 cm³/mol. The molecule has 8 heteroatoms. The SMILES string of the molecule is Cc1c(Cl)c(COC(=O)c2ccc(S(=O)(=O)N3CCCC3)cc2)nc2ccccc12. The summed E-state index contributed by atoms with van der Waals surface area (Å²) in [6.45, 7) is 2.89. The molecular weight excluding hydrogens is 424 g/mol. The van der Waals surface area contributed by atoms with Gasteiger partial charge in [-0.1, -0.05) is 29.8 Å². The fraction of sp³-hybridized carbons (Fsp3) is 0.273. The second kappa shape index (κ2) is 8.34. The first kappa shape index (κ1) is 20.8. The molecule has 0 saturated carbocycles. The highest BCUT2D eigenvalue weighted by molar-refractivity contribution is 7.89. The van der Waals surface area contributed by atoms with Gasteiger partial charge in [0.1, 0.15) is 6.61 Å². The van der Waals surface area contributed by atoms with Crippen molar-refractivity contribution in [2.45, 2.75) is 31.3 Å². The van der Waals surface area contributed by atoms with Crippen LogP contribution in [0, 0.1) is 6.92 Å². The number of esters is 1. The van der Waals surface area contributed by atoms with E-state index in [4.69, 9.17) is 16.3 Å². The summed E-state index contributed by atoms with van der Waals surface area (Å²) in [5.74, 6) is -0.566. The minimum Gasteiger partial charge on any atom is -0.456 e. The van der Waals surface area contributed by atoms with Gasteiger partial charge in [-0.25, -0.2) is 18.2 Å². The number of carbonyl (C=O) groups is 1. The van der Waals surface area contributed by atoms with Crippen molar-refractivity contribution in [3.63, 3.8) is 0 Å². The molecular formula is C22H21ClN2O4S. The Hall–Kier alpha value is -2.48. The molecule has 1 saturated heterocycles. The van der Waals surface area contributed by atoms with Gasteiger partial charge in [-0.15, -0.1) is 0 Å². The standard InChI is InChI=1S/C22H21ClN2O4S/c1-15-18-6-2-3-7-19(18)24-20(21(15)23)14-29-22(26)16-8-10-17(11-9-16)30(27,28)25-12-4-5-13-25/h2-3,6-11H,4-5,12-14H2,1H3. The van der Waals surface area contributed by atoms with Crippen molar-refractivity contribution in [2.75, 3.05) is 13.1 Å². The van der Waals surface area contributed by atoms with Crippen molar-refractivity contribution >= 4 is 38.5 Å². The minimum absolute atomic E-state index is 0.0723. The highest BCUT2D eigenvalue weighted by Crippen LogP contribution is 2.27. The number of hydrogen-bond donors (Lipinski definition) is 0. The summed E-state index contributed by atoms with van der Waals surface area (Å²) < 4.78 is 32.0. The Bertz CT molecular complexity index is 1200. The molecule has 2 aromatic carbocycles. The van der Waals surface area contributed by atoms with Crippen molar-refractivity contribution in [3.8, 4) is 0 Å². The Morgan fingerprint density at radius 3 is 2.47 bits per heavy atom. The smallest absolute Gasteiger partial charge is 0.338 e. The van der Waals surface area contributed by atoms with Gasteiger partial charge in [0, 0.05) is 18.5 Å². The molecule has 0 atom stereocenters. The van der Waals surface area contributed by atoms with Gasteiger partial charge < -0.3 is 4.74 Å². The van der Waals surface area contributed by atoms with Gasteiger partial charge >= 0.3 is 5.97 Å². The molecule has 156 valence electrons. The second-order valence-corrected chi connectivity index (χ2v) is 9.54. The number of hydrogen-bond acceptors (Lipinski definition) is 5. The van der Waals surface area contributed by atoms with Crippen LogP contribution in [0.25, 0.3) is 10.9 Å². The minimum atomic E-state index is -3.51. The van der Waals surface area contributed by atoms with Gasteiger partial charge in [-0.3, -0.25) is 0 Å². The van der Waals surface area contributed by atoms with Crippen LogP contribution in [0.1, 0.15) is 34.5 Å². The zero-order valence-corrected chi connectivity index (χ0v) is 18.0. The third-order valence-corrected chi connectivity index (χ3v) is 7.69. The first-order valence-electron chi connectivity index (χ1n) is 9.69. The molecule has 1 aliphatic rings. The molecule has 0 bridgehead atoms. The largest absolute Gasteiger partial charge is 0.456 e. The molecule has 0 radical (unpaired) electrons. The quantitative estimate of drug-likeness (QED) is 0.547. The van der Waals surface area contributed by atoms with Crippen molar-refractivity contribution in [1.29, 1.82) is 0 Å². The summed E-state index contributed by atoms with van der Waals surface area (Å²) in [6, 6.07) is 13.4. The molecule has 0 N–H and O–H groups in total. The van der Waals surface area contributed by atoms with E-state index in [2.05, 4.69) is 4.98 Å². The first-order valence-corrected chi connectivity index (χ1v) is 11.5. The molecule has 3 aromatic rings. The number of pyridine rings is 1. The second-order valence-electron chi connectivity index (χ2n) is 7.23. The zero-order chi connectivity index (χ0) is 21.3. The fourth-order valence-corrected chi connectivity index (χ4v) is 5.29. The number of carbonyl (C=O) groups excluding carboxylic acids is 1. The number of benzene rings is 2. The number of fused-ring (bicyclic) bond motifs is 1. The average molecular weight is 445 g/mol. The number of aromatic nitrogens is 1. The normalized spacial score (nSPS) is 14.9. The molecule has 30 heavy (non-hydrogen) atoms. The van der Waals surface area contributed by atoms with E-state index in [0.717, 1.165) is 29.3 Å². The molecule has 0 spiro atoms. The highest BCUT2D eigenvalue weighted by Gasteiger charge is 2.27. The van der Waals surface area contributed by atoms with Gasteiger partial charge in [0.15, 0.2) is 0 Å². The molecule has 1 aliphatic heterocycles. The van der Waals surface area contributed by atoms with E-state index in [1.807, 2.05) is 31.2 Å². The fourth-order valence-electron chi connectivity index (χ4n) is 3.57. The molecule has 0 unspecified atom stereocenters. The van der Waals surface area contributed by atoms with E-state index in [1.54, 1.807) is 0 Å². The lowest BCUT2D eigenvalue weighted by Crippen LogP contribution is -2.27.